The van der Waals surface area contributed by atoms with E-state index < -0.39 is 22.8 Å². The molecular weight excluding hydrogens is 725 g/mol. The second-order valence-electron chi connectivity index (χ2n) is 18.4. The fourth-order valence-corrected chi connectivity index (χ4v) is 9.32. The quantitative estimate of drug-likeness (QED) is 0.131. The molecule has 3 aromatic heterocycles. The van der Waals surface area contributed by atoms with Crippen molar-refractivity contribution in [3.05, 3.63) is 65.9 Å². The number of tetrazole rings is 2. The summed E-state index contributed by atoms with van der Waals surface area (Å²) in [7, 11) is 0. The van der Waals surface area contributed by atoms with Gasteiger partial charge in [-0.05, 0) is 160 Å². The summed E-state index contributed by atoms with van der Waals surface area (Å²) in [5, 5.41) is 27.6. The molecule has 0 radical (unpaired) electrons. The average Bonchev–Trinajstić information content (AvgIpc) is 3.92. The summed E-state index contributed by atoms with van der Waals surface area (Å²) in [5.74, 6) is 1.79. The molecule has 15 heteroatoms. The van der Waals surface area contributed by atoms with Crippen LogP contribution in [0.3, 0.4) is 0 Å². The van der Waals surface area contributed by atoms with Crippen LogP contribution in [-0.2, 0) is 38.9 Å². The number of H-pyrrole nitrogens is 1. The number of carbonyl (C=O) groups is 3. The Balaban J connectivity index is 1.15. The highest BCUT2D eigenvalue weighted by atomic mass is 16.6. The maximum absolute atomic E-state index is 14.6. The molecular formula is C42H50N10O5. The van der Waals surface area contributed by atoms with Crippen LogP contribution >= 0.6 is 0 Å². The number of nitrogens with one attached hydrogen (secondary N) is 2. The van der Waals surface area contributed by atoms with E-state index in [9.17, 15) is 14.4 Å². The van der Waals surface area contributed by atoms with Gasteiger partial charge in [0.2, 0.25) is 0 Å². The first-order chi connectivity index (χ1) is 27.1. The van der Waals surface area contributed by atoms with Gasteiger partial charge >= 0.3 is 11.9 Å². The Bertz CT molecular complexity index is 2170. The smallest absolute Gasteiger partial charge is 0.313 e. The van der Waals surface area contributed by atoms with Gasteiger partial charge in [0, 0.05) is 28.2 Å². The van der Waals surface area contributed by atoms with Gasteiger partial charge in [0.25, 0.3) is 5.91 Å². The zero-order chi connectivity index (χ0) is 40.1. The molecule has 298 valence electrons. The van der Waals surface area contributed by atoms with Crippen molar-refractivity contribution < 1.29 is 23.9 Å². The van der Waals surface area contributed by atoms with E-state index in [4.69, 9.17) is 9.47 Å². The molecule has 2 aromatic carbocycles. The van der Waals surface area contributed by atoms with Gasteiger partial charge in [0.1, 0.15) is 0 Å². The Morgan fingerprint density at radius 2 is 1.25 bits per heavy atom. The monoisotopic (exact) mass is 774 g/mol. The van der Waals surface area contributed by atoms with Gasteiger partial charge in [0.15, 0.2) is 25.1 Å². The van der Waals surface area contributed by atoms with Crippen LogP contribution in [0, 0.1) is 34.0 Å². The van der Waals surface area contributed by atoms with Crippen LogP contribution in [0.1, 0.15) is 96.1 Å². The minimum atomic E-state index is -0.730. The zero-order valence-electron chi connectivity index (χ0n) is 33.4. The molecule has 0 aliphatic heterocycles. The lowest BCUT2D eigenvalue weighted by molar-refractivity contribution is -0.158. The van der Waals surface area contributed by atoms with Gasteiger partial charge in [-0.15, -0.1) is 10.2 Å². The van der Waals surface area contributed by atoms with E-state index in [2.05, 4.69) is 41.4 Å². The molecule has 57 heavy (non-hydrogen) atoms. The van der Waals surface area contributed by atoms with Crippen LogP contribution in [-0.4, -0.2) is 63.2 Å². The zero-order valence-corrected chi connectivity index (χ0v) is 33.4. The minimum Gasteiger partial charge on any atom is -0.442 e. The number of rotatable bonds is 11. The summed E-state index contributed by atoms with van der Waals surface area (Å²) < 4.78 is 13.8. The minimum absolute atomic E-state index is 0.191. The Hall–Kier alpha value is -5.73. The number of aromatic amines is 1. The van der Waals surface area contributed by atoms with Crippen molar-refractivity contribution >= 4 is 23.5 Å². The third-order valence-electron chi connectivity index (χ3n) is 11.6. The lowest BCUT2D eigenvalue weighted by atomic mass is 9.48. The van der Waals surface area contributed by atoms with E-state index in [1.165, 1.54) is 47.9 Å². The summed E-state index contributed by atoms with van der Waals surface area (Å²) in [4.78, 5) is 43.6. The summed E-state index contributed by atoms with van der Waals surface area (Å²) in [6.45, 7) is 10.1. The lowest BCUT2D eigenvalue weighted by Gasteiger charge is -2.57. The number of nitrogens with zero attached hydrogens (tertiary/aromatic N) is 8. The van der Waals surface area contributed by atoms with E-state index in [0.717, 1.165) is 41.1 Å². The predicted octanol–water partition coefficient (Wildman–Crippen LogP) is 7.09. The normalized spacial score (nSPS) is 21.4. The van der Waals surface area contributed by atoms with Crippen molar-refractivity contribution in [1.29, 1.82) is 0 Å². The van der Waals surface area contributed by atoms with Gasteiger partial charge < -0.3 is 19.8 Å². The Labute approximate surface area is 331 Å². The molecule has 5 aromatic rings. The molecule has 2 N–H and O–H groups in total. The first-order valence-corrected chi connectivity index (χ1v) is 19.7. The van der Waals surface area contributed by atoms with Gasteiger partial charge in [0.05, 0.1) is 16.4 Å². The summed E-state index contributed by atoms with van der Waals surface area (Å²) >= 11 is 0. The van der Waals surface area contributed by atoms with Crippen LogP contribution in [0.2, 0.25) is 0 Å². The Morgan fingerprint density at radius 3 is 1.74 bits per heavy atom. The fourth-order valence-electron chi connectivity index (χ4n) is 9.32. The number of amides is 1. The Kier molecular flexibility index (Phi) is 9.81. The van der Waals surface area contributed by atoms with Crippen molar-refractivity contribution in [2.45, 2.75) is 99.9 Å². The average molecular weight is 775 g/mol. The molecule has 3 heterocycles. The summed E-state index contributed by atoms with van der Waals surface area (Å²) in [6, 6.07) is 17.3. The number of hydrogen-bond acceptors (Lipinski definition) is 11. The standard InChI is InChI=1S/C42H50N10O5/c1-40(2,3)38(54)56-23-51-35(45-47-49-51)29-15-30(36-46-48-50-52(36)24-57-39(55)41(4,5)6)17-31(16-29)43-37(53)32-18-33(28-10-8-7-9-11-28)44-34(32)22-42-19-25-12-26(20-42)14-27(13-25)21-42/h7-11,15-18,25-27,44H,12-14,19-24H2,1-6H3,(H,43,53). The van der Waals surface area contributed by atoms with Crippen molar-refractivity contribution in [3.63, 3.8) is 0 Å². The largest absolute Gasteiger partial charge is 0.442 e. The second kappa shape index (κ2) is 14.6. The number of anilines is 1. The van der Waals surface area contributed by atoms with Gasteiger partial charge in [-0.3, -0.25) is 14.4 Å². The summed E-state index contributed by atoms with van der Waals surface area (Å²) in [6.07, 6.45) is 8.49. The second-order valence-corrected chi connectivity index (χ2v) is 18.4. The molecule has 4 fully saturated rings. The Morgan fingerprint density at radius 1 is 0.737 bits per heavy atom. The van der Waals surface area contributed by atoms with E-state index >= 15 is 0 Å². The number of esters is 2. The van der Waals surface area contributed by atoms with Gasteiger partial charge in [-0.1, -0.05) is 30.3 Å². The molecule has 0 saturated heterocycles. The van der Waals surface area contributed by atoms with Crippen molar-refractivity contribution in [1.82, 2.24) is 45.4 Å². The highest BCUT2D eigenvalue weighted by Gasteiger charge is 2.51. The number of aromatic nitrogens is 9. The van der Waals surface area contributed by atoms with E-state index in [-0.39, 0.29) is 36.4 Å². The predicted molar refractivity (Wildman–Crippen MR) is 210 cm³/mol. The number of benzene rings is 2. The van der Waals surface area contributed by atoms with Crippen LogP contribution in [0.5, 0.6) is 0 Å². The van der Waals surface area contributed by atoms with Crippen LogP contribution < -0.4 is 5.32 Å². The molecule has 4 aliphatic rings. The van der Waals surface area contributed by atoms with Crippen molar-refractivity contribution in [3.8, 4) is 34.0 Å². The lowest BCUT2D eigenvalue weighted by Crippen LogP contribution is -2.47. The molecule has 0 atom stereocenters. The van der Waals surface area contributed by atoms with Crippen LogP contribution in [0.4, 0.5) is 5.69 Å². The van der Waals surface area contributed by atoms with E-state index in [1.807, 2.05) is 36.4 Å². The molecule has 0 spiro atoms. The third-order valence-corrected chi connectivity index (χ3v) is 11.6. The number of hydrogen-bond donors (Lipinski definition) is 2. The summed E-state index contributed by atoms with van der Waals surface area (Å²) in [5.41, 5.74) is 3.58. The highest BCUT2D eigenvalue weighted by molar-refractivity contribution is 6.06. The van der Waals surface area contributed by atoms with Gasteiger partial charge in [-0.25, -0.2) is 0 Å². The fraction of sp³-hybridized carbons (Fsp3) is 0.500. The maximum Gasteiger partial charge on any atom is 0.313 e. The molecule has 9 rings (SSSR count). The topological polar surface area (TPSA) is 185 Å². The third kappa shape index (κ3) is 8.10. The van der Waals surface area contributed by atoms with Crippen LogP contribution in [0.25, 0.3) is 34.0 Å². The maximum atomic E-state index is 14.6. The highest BCUT2D eigenvalue weighted by Crippen LogP contribution is 2.61. The first-order valence-electron chi connectivity index (χ1n) is 19.7. The van der Waals surface area contributed by atoms with Gasteiger partial charge in [-0.2, -0.15) is 9.36 Å². The van der Waals surface area contributed by atoms with Crippen molar-refractivity contribution in [2.75, 3.05) is 5.32 Å². The van der Waals surface area contributed by atoms with Crippen molar-refractivity contribution in [2.24, 2.45) is 34.0 Å². The molecule has 4 bridgehead atoms. The first kappa shape index (κ1) is 38.2. The van der Waals surface area contributed by atoms with E-state index in [0.29, 0.717) is 22.4 Å². The molecule has 4 aliphatic carbocycles. The molecule has 1 amide bonds. The SMILES string of the molecule is CC(C)(C)C(=O)OCn1nnnc1-c1cc(NC(=O)c2cc(-c3ccccc3)[nH]c2CC23CC4CC(CC(C4)C2)C3)cc(-c2nnnn2COC(=O)C(C)(C)C)c1. The van der Waals surface area contributed by atoms with E-state index in [1.54, 1.807) is 59.7 Å². The number of ether oxygens (including phenoxy) is 2. The molecule has 0 unspecified atom stereocenters. The number of carbonyl (C=O) groups excluding carboxylic acids is 3. The van der Waals surface area contributed by atoms with Crippen LogP contribution in [0.15, 0.2) is 54.6 Å². The molecule has 15 nitrogen and oxygen atoms in total. The molecule has 4 saturated carbocycles.